The highest BCUT2D eigenvalue weighted by Gasteiger charge is 2.36. The minimum absolute atomic E-state index is 0.0409. The third kappa shape index (κ3) is 4.44. The Morgan fingerprint density at radius 1 is 1.09 bits per heavy atom. The van der Waals surface area contributed by atoms with Gasteiger partial charge >= 0.3 is 0 Å². The lowest BCUT2D eigenvalue weighted by molar-refractivity contribution is -0.115. The highest BCUT2D eigenvalue weighted by Crippen LogP contribution is 2.45. The fourth-order valence-electron chi connectivity index (χ4n) is 3.50. The molecule has 1 amide bonds. The summed E-state index contributed by atoms with van der Waals surface area (Å²) in [7, 11) is -2.33. The van der Waals surface area contributed by atoms with Crippen molar-refractivity contribution in [3.05, 3.63) is 83.7 Å². The fourth-order valence-corrected chi connectivity index (χ4v) is 5.71. The summed E-state index contributed by atoms with van der Waals surface area (Å²) >= 11 is 1.46. The van der Waals surface area contributed by atoms with E-state index >= 15 is 0 Å². The van der Waals surface area contributed by atoms with Crippen LogP contribution in [0.25, 0.3) is 0 Å². The number of benzene rings is 3. The normalized spacial score (nSPS) is 16.3. The molecule has 1 aliphatic heterocycles. The summed E-state index contributed by atoms with van der Waals surface area (Å²) in [4.78, 5) is 14.4. The Labute approximate surface area is 190 Å². The van der Waals surface area contributed by atoms with E-state index in [0.717, 1.165) is 23.3 Å². The van der Waals surface area contributed by atoms with E-state index in [2.05, 4.69) is 4.72 Å². The third-order valence-electron chi connectivity index (χ3n) is 5.01. The van der Waals surface area contributed by atoms with Gasteiger partial charge in [0.15, 0.2) is 0 Å². The van der Waals surface area contributed by atoms with Crippen LogP contribution in [0.5, 0.6) is 5.75 Å². The number of rotatable bonds is 6. The van der Waals surface area contributed by atoms with Crippen LogP contribution < -0.4 is 14.4 Å². The van der Waals surface area contributed by atoms with Gasteiger partial charge in [0.1, 0.15) is 16.9 Å². The van der Waals surface area contributed by atoms with E-state index in [1.165, 1.54) is 23.9 Å². The van der Waals surface area contributed by atoms with Crippen molar-refractivity contribution < 1.29 is 22.3 Å². The molecule has 166 valence electrons. The number of sulfonamides is 1. The molecule has 1 atom stereocenters. The SMILES string of the molecule is COc1ccc(C)cc1N1C(=O)CSC1c1cccc(NS(=O)(=O)c2ccc(F)cc2)c1. The van der Waals surface area contributed by atoms with Crippen LogP contribution in [0.2, 0.25) is 0 Å². The van der Waals surface area contributed by atoms with Gasteiger partial charge in [0, 0.05) is 5.69 Å². The molecule has 3 aromatic carbocycles. The van der Waals surface area contributed by atoms with Crippen LogP contribution in [0, 0.1) is 12.7 Å². The summed E-state index contributed by atoms with van der Waals surface area (Å²) in [6.07, 6.45) is 0. The van der Waals surface area contributed by atoms with Crippen LogP contribution in [-0.2, 0) is 14.8 Å². The van der Waals surface area contributed by atoms with E-state index in [-0.39, 0.29) is 16.2 Å². The van der Waals surface area contributed by atoms with Crippen LogP contribution >= 0.6 is 11.8 Å². The molecular weight excluding hydrogens is 451 g/mol. The number of hydrogen-bond acceptors (Lipinski definition) is 5. The number of nitrogens with zero attached hydrogens (tertiary/aromatic N) is 1. The van der Waals surface area contributed by atoms with Crippen molar-refractivity contribution in [1.29, 1.82) is 0 Å². The molecule has 0 radical (unpaired) electrons. The third-order valence-corrected chi connectivity index (χ3v) is 7.62. The second kappa shape index (κ2) is 8.84. The monoisotopic (exact) mass is 472 g/mol. The van der Waals surface area contributed by atoms with Gasteiger partial charge in [-0.05, 0) is 66.6 Å². The van der Waals surface area contributed by atoms with Crippen molar-refractivity contribution >= 4 is 39.1 Å². The van der Waals surface area contributed by atoms with Crippen molar-refractivity contribution in [3.8, 4) is 5.75 Å². The Morgan fingerprint density at radius 3 is 2.56 bits per heavy atom. The number of nitrogens with one attached hydrogen (secondary N) is 1. The summed E-state index contributed by atoms with van der Waals surface area (Å²) in [5.41, 5.74) is 2.78. The average molecular weight is 473 g/mol. The number of thioether (sulfide) groups is 1. The first-order valence-electron chi connectivity index (χ1n) is 9.75. The Morgan fingerprint density at radius 2 is 1.84 bits per heavy atom. The van der Waals surface area contributed by atoms with Gasteiger partial charge < -0.3 is 4.74 Å². The van der Waals surface area contributed by atoms with Gasteiger partial charge in [-0.2, -0.15) is 0 Å². The van der Waals surface area contributed by atoms with Crippen molar-refractivity contribution in [2.45, 2.75) is 17.2 Å². The van der Waals surface area contributed by atoms with Crippen molar-refractivity contribution in [2.24, 2.45) is 0 Å². The number of carbonyl (C=O) groups is 1. The molecule has 0 saturated carbocycles. The molecule has 9 heteroatoms. The van der Waals surface area contributed by atoms with E-state index < -0.39 is 15.8 Å². The number of halogens is 1. The van der Waals surface area contributed by atoms with Crippen molar-refractivity contribution in [2.75, 3.05) is 22.5 Å². The summed E-state index contributed by atoms with van der Waals surface area (Å²) < 4.78 is 46.5. The molecule has 4 rings (SSSR count). The van der Waals surface area contributed by atoms with Crippen LogP contribution in [0.15, 0.2) is 71.6 Å². The van der Waals surface area contributed by atoms with Gasteiger partial charge in [-0.15, -0.1) is 11.8 Å². The molecule has 6 nitrogen and oxygen atoms in total. The Balaban J connectivity index is 1.66. The van der Waals surface area contributed by atoms with Crippen LogP contribution in [0.3, 0.4) is 0 Å². The van der Waals surface area contributed by atoms with Gasteiger partial charge in [0.25, 0.3) is 10.0 Å². The summed E-state index contributed by atoms with van der Waals surface area (Å²) in [5, 5.41) is -0.339. The van der Waals surface area contributed by atoms with E-state index in [1.54, 1.807) is 30.2 Å². The fraction of sp³-hybridized carbons (Fsp3) is 0.174. The predicted molar refractivity (Wildman–Crippen MR) is 124 cm³/mol. The molecule has 0 aromatic heterocycles. The second-order valence-electron chi connectivity index (χ2n) is 7.29. The van der Waals surface area contributed by atoms with E-state index in [1.807, 2.05) is 31.2 Å². The summed E-state index contributed by atoms with van der Waals surface area (Å²) in [6.45, 7) is 1.94. The van der Waals surface area contributed by atoms with Gasteiger partial charge in [-0.25, -0.2) is 12.8 Å². The number of ether oxygens (including phenoxy) is 1. The van der Waals surface area contributed by atoms with E-state index in [0.29, 0.717) is 22.9 Å². The van der Waals surface area contributed by atoms with E-state index in [4.69, 9.17) is 4.74 Å². The molecule has 1 unspecified atom stereocenters. The summed E-state index contributed by atoms with van der Waals surface area (Å²) in [6, 6.07) is 17.2. The molecule has 0 aliphatic carbocycles. The zero-order chi connectivity index (χ0) is 22.9. The first-order valence-corrected chi connectivity index (χ1v) is 12.3. The van der Waals surface area contributed by atoms with Gasteiger partial charge in [-0.1, -0.05) is 18.2 Å². The number of aryl methyl sites for hydroxylation is 1. The quantitative estimate of drug-likeness (QED) is 0.562. The lowest BCUT2D eigenvalue weighted by Crippen LogP contribution is -2.28. The maximum absolute atomic E-state index is 13.2. The minimum Gasteiger partial charge on any atom is -0.495 e. The van der Waals surface area contributed by atoms with Gasteiger partial charge in [-0.3, -0.25) is 14.4 Å². The lowest BCUT2D eigenvalue weighted by atomic mass is 10.1. The molecule has 1 heterocycles. The number of hydrogen-bond donors (Lipinski definition) is 1. The Hall–Kier alpha value is -3.04. The average Bonchev–Trinajstić information content (AvgIpc) is 3.15. The van der Waals surface area contributed by atoms with Gasteiger partial charge in [0.05, 0.1) is 23.4 Å². The first kappa shape index (κ1) is 22.2. The Kier molecular flexibility index (Phi) is 6.12. The number of anilines is 2. The van der Waals surface area contributed by atoms with E-state index in [9.17, 15) is 17.6 Å². The van der Waals surface area contributed by atoms with Crippen molar-refractivity contribution in [1.82, 2.24) is 0 Å². The molecule has 3 aromatic rings. The van der Waals surface area contributed by atoms with Crippen LogP contribution in [0.4, 0.5) is 15.8 Å². The second-order valence-corrected chi connectivity index (χ2v) is 10.0. The zero-order valence-electron chi connectivity index (χ0n) is 17.4. The predicted octanol–water partition coefficient (Wildman–Crippen LogP) is 4.72. The standard InChI is InChI=1S/C23H21FN2O4S2/c1-15-6-11-21(30-2)20(12-15)26-22(27)14-31-23(26)16-4-3-5-18(13-16)25-32(28,29)19-9-7-17(24)8-10-19/h3-13,23,25H,14H2,1-2H3. The molecular formula is C23H21FN2O4S2. The van der Waals surface area contributed by atoms with Crippen LogP contribution in [-0.4, -0.2) is 27.2 Å². The molecule has 0 spiro atoms. The highest BCUT2D eigenvalue weighted by atomic mass is 32.2. The molecule has 0 bridgehead atoms. The summed E-state index contributed by atoms with van der Waals surface area (Å²) in [5.74, 6) is 0.319. The Bertz CT molecular complexity index is 1260. The number of methoxy groups -OCH3 is 1. The lowest BCUT2D eigenvalue weighted by Gasteiger charge is -2.26. The van der Waals surface area contributed by atoms with Gasteiger partial charge in [0.2, 0.25) is 5.91 Å². The first-order chi connectivity index (χ1) is 15.3. The molecule has 32 heavy (non-hydrogen) atoms. The topological polar surface area (TPSA) is 75.7 Å². The number of amides is 1. The largest absolute Gasteiger partial charge is 0.495 e. The number of carbonyl (C=O) groups excluding carboxylic acids is 1. The zero-order valence-corrected chi connectivity index (χ0v) is 19.0. The smallest absolute Gasteiger partial charge is 0.261 e. The molecule has 1 fully saturated rings. The van der Waals surface area contributed by atoms with Crippen molar-refractivity contribution in [3.63, 3.8) is 0 Å². The minimum atomic E-state index is -3.89. The maximum Gasteiger partial charge on any atom is 0.261 e. The highest BCUT2D eigenvalue weighted by molar-refractivity contribution is 8.00. The molecule has 1 N–H and O–H groups in total. The molecule has 1 saturated heterocycles. The molecule has 1 aliphatic rings. The maximum atomic E-state index is 13.2. The van der Waals surface area contributed by atoms with Crippen LogP contribution in [0.1, 0.15) is 16.5 Å².